The lowest BCUT2D eigenvalue weighted by molar-refractivity contribution is -0.124. The molecule has 168 valence electrons. The van der Waals surface area contributed by atoms with Gasteiger partial charge in [0.05, 0.1) is 6.04 Å². The second-order valence-electron chi connectivity index (χ2n) is 9.04. The summed E-state index contributed by atoms with van der Waals surface area (Å²) in [7, 11) is 0. The summed E-state index contributed by atoms with van der Waals surface area (Å²) in [6.07, 6.45) is 13.5. The van der Waals surface area contributed by atoms with Crippen LogP contribution in [-0.2, 0) is 9.53 Å². The summed E-state index contributed by atoms with van der Waals surface area (Å²) in [5.41, 5.74) is 2.19. The van der Waals surface area contributed by atoms with Crippen molar-refractivity contribution in [1.29, 1.82) is 0 Å². The number of amides is 1. The van der Waals surface area contributed by atoms with Gasteiger partial charge in [0, 0.05) is 24.8 Å². The monoisotopic (exact) mass is 423 g/mol. The molecule has 1 heterocycles. The summed E-state index contributed by atoms with van der Waals surface area (Å²) in [5, 5.41) is 0. The first kappa shape index (κ1) is 21.9. The summed E-state index contributed by atoms with van der Waals surface area (Å²) < 4.78 is 6.14. The molecule has 0 aromatic heterocycles. The minimum absolute atomic E-state index is 0.0192. The molecule has 4 rings (SSSR count). The van der Waals surface area contributed by atoms with Crippen molar-refractivity contribution in [3.63, 3.8) is 0 Å². The van der Waals surface area contributed by atoms with Crippen LogP contribution >= 0.6 is 0 Å². The molecular formula is C26H37N3O2. The number of nitrogens with zero attached hydrogens (tertiary/aromatic N) is 3. The predicted octanol–water partition coefficient (Wildman–Crippen LogP) is 5.75. The smallest absolute Gasteiger partial charge is 0.300 e. The predicted molar refractivity (Wildman–Crippen MR) is 127 cm³/mol. The average molecular weight is 424 g/mol. The third-order valence-electron chi connectivity index (χ3n) is 6.96. The average Bonchev–Trinajstić information content (AvgIpc) is 3.11. The normalized spacial score (nSPS) is 23.5. The molecule has 1 aromatic rings. The minimum atomic E-state index is -0.0192. The molecule has 1 aliphatic heterocycles. The van der Waals surface area contributed by atoms with Crippen LogP contribution in [0.2, 0.25) is 0 Å². The molecule has 31 heavy (non-hydrogen) atoms. The van der Waals surface area contributed by atoms with E-state index in [0.29, 0.717) is 11.8 Å². The lowest BCUT2D eigenvalue weighted by atomic mass is 9.94. The second-order valence-corrected chi connectivity index (χ2v) is 9.04. The molecule has 0 radical (unpaired) electrons. The molecule has 1 aromatic carbocycles. The van der Waals surface area contributed by atoms with Crippen molar-refractivity contribution < 1.29 is 9.53 Å². The molecule has 2 saturated carbocycles. The molecule has 1 saturated heterocycles. The molecule has 0 spiro atoms. The first-order valence-corrected chi connectivity index (χ1v) is 12.4. The maximum absolute atomic E-state index is 13.4. The molecule has 3 fully saturated rings. The van der Waals surface area contributed by atoms with E-state index in [1.807, 2.05) is 11.0 Å². The van der Waals surface area contributed by atoms with E-state index in [-0.39, 0.29) is 18.0 Å². The Balaban J connectivity index is 1.57. The second kappa shape index (κ2) is 10.3. The van der Waals surface area contributed by atoms with Crippen LogP contribution in [0.3, 0.4) is 0 Å². The lowest BCUT2D eigenvalue weighted by Crippen LogP contribution is -2.41. The molecule has 3 aliphatic rings. The number of ether oxygens (including phenoxy) is 1. The van der Waals surface area contributed by atoms with Gasteiger partial charge in [0.2, 0.25) is 0 Å². The van der Waals surface area contributed by atoms with E-state index in [9.17, 15) is 4.79 Å². The number of carbonyl (C=O) groups is 1. The molecular weight excluding hydrogens is 386 g/mol. The maximum Gasteiger partial charge on any atom is 0.300 e. The van der Waals surface area contributed by atoms with Gasteiger partial charge in [-0.25, -0.2) is 4.99 Å². The number of anilines is 1. The van der Waals surface area contributed by atoms with E-state index in [4.69, 9.17) is 9.73 Å². The van der Waals surface area contributed by atoms with E-state index < -0.39 is 0 Å². The van der Waals surface area contributed by atoms with Gasteiger partial charge < -0.3 is 9.64 Å². The van der Waals surface area contributed by atoms with E-state index in [2.05, 4.69) is 43.0 Å². The van der Waals surface area contributed by atoms with Gasteiger partial charge in [0.15, 0.2) is 5.76 Å². The molecule has 1 amide bonds. The van der Waals surface area contributed by atoms with E-state index >= 15 is 0 Å². The van der Waals surface area contributed by atoms with Crippen LogP contribution in [0.25, 0.3) is 6.08 Å². The number of benzene rings is 1. The van der Waals surface area contributed by atoms with Gasteiger partial charge in [0.25, 0.3) is 5.91 Å². The first-order valence-electron chi connectivity index (χ1n) is 12.4. The highest BCUT2D eigenvalue weighted by Gasteiger charge is 2.40. The molecule has 0 unspecified atom stereocenters. The van der Waals surface area contributed by atoms with Crippen molar-refractivity contribution in [2.45, 2.75) is 90.1 Å². The largest absolute Gasteiger partial charge is 0.420 e. The first-order chi connectivity index (χ1) is 15.2. The van der Waals surface area contributed by atoms with Crippen molar-refractivity contribution in [3.05, 3.63) is 35.6 Å². The fourth-order valence-electron chi connectivity index (χ4n) is 5.13. The fraction of sp³-hybridized carbons (Fsp3) is 0.615. The summed E-state index contributed by atoms with van der Waals surface area (Å²) >= 11 is 0. The van der Waals surface area contributed by atoms with Gasteiger partial charge in [-0.15, -0.1) is 0 Å². The van der Waals surface area contributed by atoms with E-state index in [1.165, 1.54) is 44.2 Å². The molecule has 5 nitrogen and oxygen atoms in total. The van der Waals surface area contributed by atoms with Crippen molar-refractivity contribution in [2.24, 2.45) is 4.99 Å². The Hall–Kier alpha value is -2.30. The zero-order valence-corrected chi connectivity index (χ0v) is 19.2. The third-order valence-corrected chi connectivity index (χ3v) is 6.96. The number of aliphatic imine (C=N–C) groups is 1. The van der Waals surface area contributed by atoms with Gasteiger partial charge >= 0.3 is 6.02 Å². The topological polar surface area (TPSA) is 45.1 Å². The number of hydrogen-bond donors (Lipinski definition) is 0. The van der Waals surface area contributed by atoms with Gasteiger partial charge in [0.1, 0.15) is 0 Å². The van der Waals surface area contributed by atoms with Crippen LogP contribution in [0.15, 0.2) is 35.0 Å². The van der Waals surface area contributed by atoms with Crippen LogP contribution in [0.4, 0.5) is 5.69 Å². The van der Waals surface area contributed by atoms with Gasteiger partial charge in [-0.05, 0) is 63.3 Å². The Morgan fingerprint density at radius 3 is 2.19 bits per heavy atom. The van der Waals surface area contributed by atoms with Crippen molar-refractivity contribution >= 4 is 23.7 Å². The molecule has 0 bridgehead atoms. The van der Waals surface area contributed by atoms with Gasteiger partial charge in [-0.3, -0.25) is 9.69 Å². The Morgan fingerprint density at radius 1 is 0.968 bits per heavy atom. The highest BCUT2D eigenvalue weighted by atomic mass is 16.5. The van der Waals surface area contributed by atoms with Crippen molar-refractivity contribution in [2.75, 3.05) is 18.0 Å². The number of carbonyl (C=O) groups excluding carboxylic acids is 1. The summed E-state index contributed by atoms with van der Waals surface area (Å²) in [6.45, 7) is 6.29. The van der Waals surface area contributed by atoms with Crippen LogP contribution in [0.1, 0.15) is 83.6 Å². The Bertz CT molecular complexity index is 798. The zero-order valence-electron chi connectivity index (χ0n) is 19.2. The Morgan fingerprint density at radius 2 is 1.58 bits per heavy atom. The fourth-order valence-corrected chi connectivity index (χ4v) is 5.13. The summed E-state index contributed by atoms with van der Waals surface area (Å²) in [6, 6.07) is 9.44. The van der Waals surface area contributed by atoms with Crippen molar-refractivity contribution in [1.82, 2.24) is 4.90 Å². The van der Waals surface area contributed by atoms with Crippen LogP contribution in [0, 0.1) is 0 Å². The highest BCUT2D eigenvalue weighted by Crippen LogP contribution is 2.31. The van der Waals surface area contributed by atoms with Crippen LogP contribution in [-0.4, -0.2) is 42.0 Å². The SMILES string of the molecule is CCN(CC)c1ccc(/C=C2/OC(=NC3CCCCC3)N(C3CCCCC3)C2=O)cc1. The lowest BCUT2D eigenvalue weighted by Gasteiger charge is -2.29. The number of hydrogen-bond acceptors (Lipinski definition) is 4. The van der Waals surface area contributed by atoms with Gasteiger partial charge in [-0.2, -0.15) is 0 Å². The summed E-state index contributed by atoms with van der Waals surface area (Å²) in [4.78, 5) is 22.5. The molecule has 0 N–H and O–H groups in total. The van der Waals surface area contributed by atoms with E-state index in [0.717, 1.165) is 44.3 Å². The quantitative estimate of drug-likeness (QED) is 0.547. The molecule has 5 heteroatoms. The van der Waals surface area contributed by atoms with E-state index in [1.54, 1.807) is 0 Å². The standard InChI is InChI=1S/C26H37N3O2/c1-3-28(4-2)22-17-15-20(16-18-22)19-24-25(30)29(23-13-9-6-10-14-23)26(31-24)27-21-11-7-5-8-12-21/h15-19,21,23H,3-14H2,1-2H3/b24-19+,27-26?. The number of rotatable bonds is 6. The highest BCUT2D eigenvalue weighted by molar-refractivity contribution is 6.11. The number of amidine groups is 1. The molecule has 2 aliphatic carbocycles. The Kier molecular flexibility index (Phi) is 7.31. The zero-order chi connectivity index (χ0) is 21.6. The third kappa shape index (κ3) is 5.13. The van der Waals surface area contributed by atoms with Gasteiger partial charge in [-0.1, -0.05) is 50.7 Å². The summed E-state index contributed by atoms with van der Waals surface area (Å²) in [5.74, 6) is 0.394. The van der Waals surface area contributed by atoms with Crippen molar-refractivity contribution in [3.8, 4) is 0 Å². The van der Waals surface area contributed by atoms with Crippen LogP contribution in [0.5, 0.6) is 0 Å². The minimum Gasteiger partial charge on any atom is -0.420 e. The van der Waals surface area contributed by atoms with Crippen LogP contribution < -0.4 is 4.90 Å². The maximum atomic E-state index is 13.4. The Labute approximate surface area is 187 Å². The molecule has 0 atom stereocenters.